The fourth-order valence-corrected chi connectivity index (χ4v) is 4.88. The van der Waals surface area contributed by atoms with Crippen molar-refractivity contribution in [3.63, 3.8) is 0 Å². The number of benzene rings is 2. The molecule has 0 saturated carbocycles. The molecule has 1 aliphatic heterocycles. The van der Waals surface area contributed by atoms with Crippen LogP contribution in [0.2, 0.25) is 0 Å². The summed E-state index contributed by atoms with van der Waals surface area (Å²) in [5, 5.41) is 0. The van der Waals surface area contributed by atoms with Crippen molar-refractivity contribution in [2.45, 2.75) is 10.6 Å². The first-order valence-electron chi connectivity index (χ1n) is 9.48. The molecule has 2 aromatic carbocycles. The predicted octanol–water partition coefficient (Wildman–Crippen LogP) is 3.22. The summed E-state index contributed by atoms with van der Waals surface area (Å²) in [6.45, 7) is 2.54. The van der Waals surface area contributed by atoms with Crippen molar-refractivity contribution < 1.29 is 17.6 Å². The van der Waals surface area contributed by atoms with Gasteiger partial charge in [-0.15, -0.1) is 0 Å². The lowest BCUT2D eigenvalue weighted by atomic mass is 10.2. The van der Waals surface area contributed by atoms with Gasteiger partial charge in [0.2, 0.25) is 0 Å². The number of para-hydroxylation sites is 1. The Balaban J connectivity index is 1.45. The van der Waals surface area contributed by atoms with Crippen LogP contribution >= 0.6 is 0 Å². The van der Waals surface area contributed by atoms with Crippen LogP contribution in [0.15, 0.2) is 82.3 Å². The summed E-state index contributed by atoms with van der Waals surface area (Å²) in [7, 11) is -3.55. The van der Waals surface area contributed by atoms with Gasteiger partial charge in [0.1, 0.15) is 0 Å². The predicted molar refractivity (Wildman–Crippen MR) is 111 cm³/mol. The van der Waals surface area contributed by atoms with Crippen LogP contribution in [0.3, 0.4) is 0 Å². The molecule has 0 unspecified atom stereocenters. The van der Waals surface area contributed by atoms with Crippen molar-refractivity contribution in [1.82, 2.24) is 4.90 Å². The highest BCUT2D eigenvalue weighted by Crippen LogP contribution is 2.22. The topological polar surface area (TPSA) is 70.8 Å². The number of carbonyl (C=O) groups excluding carboxylic acids is 1. The molecule has 1 saturated heterocycles. The average Bonchev–Trinajstić information content (AvgIpc) is 3.22. The summed E-state index contributed by atoms with van der Waals surface area (Å²) in [6, 6.07) is 19.9. The molecular formula is C22H22N2O4S. The second kappa shape index (κ2) is 8.13. The number of nitrogens with zero attached hydrogens (tertiary/aromatic N) is 2. The van der Waals surface area contributed by atoms with E-state index in [0.717, 1.165) is 5.69 Å². The minimum atomic E-state index is -3.55. The molecule has 0 spiro atoms. The van der Waals surface area contributed by atoms with E-state index in [9.17, 15) is 13.2 Å². The third-order valence-electron chi connectivity index (χ3n) is 5.08. The smallest absolute Gasteiger partial charge is 0.289 e. The van der Waals surface area contributed by atoms with Crippen molar-refractivity contribution in [2.24, 2.45) is 0 Å². The zero-order valence-electron chi connectivity index (χ0n) is 15.9. The number of amides is 1. The van der Waals surface area contributed by atoms with E-state index in [2.05, 4.69) is 17.0 Å². The molecule has 0 aliphatic carbocycles. The average molecular weight is 410 g/mol. The second-order valence-electron chi connectivity index (χ2n) is 6.96. The van der Waals surface area contributed by atoms with Gasteiger partial charge < -0.3 is 14.2 Å². The fraction of sp³-hybridized carbons (Fsp3) is 0.227. The fourth-order valence-electron chi connectivity index (χ4n) is 3.50. The van der Waals surface area contributed by atoms with E-state index < -0.39 is 9.84 Å². The first kappa shape index (κ1) is 19.3. The van der Waals surface area contributed by atoms with E-state index in [-0.39, 0.29) is 22.3 Å². The number of sulfone groups is 1. The summed E-state index contributed by atoms with van der Waals surface area (Å²) in [5.74, 6) is -0.419. The van der Waals surface area contributed by atoms with Gasteiger partial charge in [-0.05, 0) is 30.3 Å². The van der Waals surface area contributed by atoms with Gasteiger partial charge in [0.05, 0.1) is 16.9 Å². The normalized spacial score (nSPS) is 14.8. The number of carbonyl (C=O) groups is 1. The number of anilines is 1. The first-order chi connectivity index (χ1) is 14.0. The van der Waals surface area contributed by atoms with Crippen LogP contribution in [0.25, 0.3) is 0 Å². The Bertz CT molecular complexity index is 1070. The Kier molecular flexibility index (Phi) is 5.40. The van der Waals surface area contributed by atoms with Crippen molar-refractivity contribution in [2.75, 3.05) is 31.1 Å². The Morgan fingerprint density at radius 1 is 0.862 bits per heavy atom. The molecule has 0 atom stereocenters. The molecule has 0 bridgehead atoms. The lowest BCUT2D eigenvalue weighted by Crippen LogP contribution is -2.48. The Morgan fingerprint density at radius 2 is 1.48 bits per heavy atom. The minimum absolute atomic E-state index is 0.109. The molecule has 6 nitrogen and oxygen atoms in total. The standard InChI is InChI=1S/C22H22N2O4S/c25-22(24-14-12-23(13-15-24)19-7-3-1-4-8-19)21-18(11-16-28-21)17-29(26,27)20-9-5-2-6-10-20/h1-11,16H,12-15,17H2. The third kappa shape index (κ3) is 4.19. The molecular weight excluding hydrogens is 388 g/mol. The molecule has 3 aromatic rings. The highest BCUT2D eigenvalue weighted by atomic mass is 32.2. The SMILES string of the molecule is O=C(c1occc1CS(=O)(=O)c1ccccc1)N1CCN(c2ccccc2)CC1. The van der Waals surface area contributed by atoms with Gasteiger partial charge in [-0.25, -0.2) is 8.42 Å². The number of rotatable bonds is 5. The molecule has 0 N–H and O–H groups in total. The molecule has 150 valence electrons. The molecule has 2 heterocycles. The lowest BCUT2D eigenvalue weighted by Gasteiger charge is -2.35. The third-order valence-corrected chi connectivity index (χ3v) is 6.76. The van der Waals surface area contributed by atoms with Crippen LogP contribution in [-0.2, 0) is 15.6 Å². The second-order valence-corrected chi connectivity index (χ2v) is 8.95. The Morgan fingerprint density at radius 3 is 2.14 bits per heavy atom. The van der Waals surface area contributed by atoms with Gasteiger partial charge in [0.25, 0.3) is 5.91 Å². The summed E-state index contributed by atoms with van der Waals surface area (Å²) >= 11 is 0. The van der Waals surface area contributed by atoms with Crippen molar-refractivity contribution in [3.8, 4) is 0 Å². The van der Waals surface area contributed by atoms with Gasteiger partial charge in [-0.1, -0.05) is 36.4 Å². The van der Waals surface area contributed by atoms with Gasteiger partial charge in [0.15, 0.2) is 15.6 Å². The lowest BCUT2D eigenvalue weighted by molar-refractivity contribution is 0.0713. The van der Waals surface area contributed by atoms with E-state index in [4.69, 9.17) is 4.42 Å². The molecule has 1 aromatic heterocycles. The first-order valence-corrected chi connectivity index (χ1v) is 11.1. The van der Waals surface area contributed by atoms with Crippen LogP contribution in [-0.4, -0.2) is 45.4 Å². The van der Waals surface area contributed by atoms with Crippen LogP contribution in [0, 0.1) is 0 Å². The van der Waals surface area contributed by atoms with Crippen LogP contribution in [0.4, 0.5) is 5.69 Å². The largest absolute Gasteiger partial charge is 0.459 e. The van der Waals surface area contributed by atoms with E-state index >= 15 is 0 Å². The number of piperazine rings is 1. The summed E-state index contributed by atoms with van der Waals surface area (Å²) in [4.78, 5) is 17.1. The highest BCUT2D eigenvalue weighted by Gasteiger charge is 2.28. The highest BCUT2D eigenvalue weighted by molar-refractivity contribution is 7.90. The molecule has 0 radical (unpaired) electrons. The quantitative estimate of drug-likeness (QED) is 0.646. The summed E-state index contributed by atoms with van der Waals surface area (Å²) in [6.07, 6.45) is 1.38. The Hall–Kier alpha value is -3.06. The monoisotopic (exact) mass is 410 g/mol. The summed E-state index contributed by atoms with van der Waals surface area (Å²) < 4.78 is 30.8. The maximum absolute atomic E-state index is 13.0. The number of hydrogen-bond donors (Lipinski definition) is 0. The zero-order chi connectivity index (χ0) is 20.3. The van der Waals surface area contributed by atoms with E-state index in [1.54, 1.807) is 41.3 Å². The molecule has 29 heavy (non-hydrogen) atoms. The molecule has 1 aliphatic rings. The molecule has 7 heteroatoms. The van der Waals surface area contributed by atoms with Crippen molar-refractivity contribution in [1.29, 1.82) is 0 Å². The van der Waals surface area contributed by atoms with Crippen LogP contribution in [0.1, 0.15) is 16.1 Å². The van der Waals surface area contributed by atoms with Crippen molar-refractivity contribution >= 4 is 21.4 Å². The minimum Gasteiger partial charge on any atom is -0.459 e. The van der Waals surface area contributed by atoms with Crippen molar-refractivity contribution in [3.05, 3.63) is 84.3 Å². The van der Waals surface area contributed by atoms with Gasteiger partial charge in [-0.2, -0.15) is 0 Å². The summed E-state index contributed by atoms with van der Waals surface area (Å²) in [5.41, 5.74) is 1.52. The van der Waals surface area contributed by atoms with E-state index in [1.165, 1.54) is 6.26 Å². The van der Waals surface area contributed by atoms with Gasteiger partial charge >= 0.3 is 0 Å². The van der Waals surface area contributed by atoms with Gasteiger partial charge in [0, 0.05) is 37.4 Å². The molecule has 1 fully saturated rings. The number of hydrogen-bond acceptors (Lipinski definition) is 5. The molecule has 1 amide bonds. The Labute approximate surface area is 170 Å². The maximum Gasteiger partial charge on any atom is 0.289 e. The van der Waals surface area contributed by atoms with Crippen LogP contribution < -0.4 is 4.90 Å². The number of furan rings is 1. The zero-order valence-corrected chi connectivity index (χ0v) is 16.7. The van der Waals surface area contributed by atoms with E-state index in [1.807, 2.05) is 18.2 Å². The maximum atomic E-state index is 13.0. The van der Waals surface area contributed by atoms with Crippen LogP contribution in [0.5, 0.6) is 0 Å². The van der Waals surface area contributed by atoms with E-state index in [0.29, 0.717) is 31.7 Å². The van der Waals surface area contributed by atoms with Gasteiger partial charge in [-0.3, -0.25) is 4.79 Å². The molecule has 4 rings (SSSR count).